The lowest BCUT2D eigenvalue weighted by Gasteiger charge is -2.35. The van der Waals surface area contributed by atoms with Gasteiger partial charge in [0.2, 0.25) is 0 Å². The summed E-state index contributed by atoms with van der Waals surface area (Å²) in [4.78, 5) is 24.5. The molecule has 0 heterocycles. The molecule has 0 spiro atoms. The van der Waals surface area contributed by atoms with Gasteiger partial charge >= 0.3 is 5.97 Å². The van der Waals surface area contributed by atoms with Crippen molar-refractivity contribution in [3.05, 3.63) is 29.3 Å². The van der Waals surface area contributed by atoms with Gasteiger partial charge in [0, 0.05) is 6.04 Å². The van der Waals surface area contributed by atoms with Crippen LogP contribution in [-0.2, 0) is 9.53 Å². The van der Waals surface area contributed by atoms with Gasteiger partial charge in [-0.1, -0.05) is 32.8 Å². The molecule has 2 rings (SSSR count). The molecule has 24 heavy (non-hydrogen) atoms. The Morgan fingerprint density at radius 2 is 2.00 bits per heavy atom. The maximum atomic E-state index is 12.3. The number of hydrogen-bond donors (Lipinski definition) is 2. The van der Waals surface area contributed by atoms with Crippen LogP contribution in [0.3, 0.4) is 0 Å². The Morgan fingerprint density at radius 3 is 2.67 bits per heavy atom. The van der Waals surface area contributed by atoms with E-state index in [9.17, 15) is 14.7 Å². The lowest BCUT2D eigenvalue weighted by atomic mass is 9.78. The maximum absolute atomic E-state index is 12.3. The van der Waals surface area contributed by atoms with Crippen molar-refractivity contribution in [2.24, 2.45) is 11.8 Å². The average molecular weight is 333 g/mol. The lowest BCUT2D eigenvalue weighted by Crippen LogP contribution is -2.47. The van der Waals surface area contributed by atoms with E-state index in [1.807, 2.05) is 6.92 Å². The van der Waals surface area contributed by atoms with Crippen LogP contribution in [0.25, 0.3) is 0 Å². The Morgan fingerprint density at radius 1 is 1.29 bits per heavy atom. The fourth-order valence-electron chi connectivity index (χ4n) is 3.18. The number of aromatic hydroxyl groups is 1. The highest BCUT2D eigenvalue weighted by Gasteiger charge is 2.30. The van der Waals surface area contributed by atoms with Crippen LogP contribution >= 0.6 is 0 Å². The summed E-state index contributed by atoms with van der Waals surface area (Å²) in [5.41, 5.74) is 0.912. The number of nitrogens with one attached hydrogen (secondary N) is 1. The molecule has 0 saturated heterocycles. The lowest BCUT2D eigenvalue weighted by molar-refractivity contribution is -0.130. The van der Waals surface area contributed by atoms with Gasteiger partial charge in [0.25, 0.3) is 5.91 Å². The van der Waals surface area contributed by atoms with Crippen molar-refractivity contribution in [2.75, 3.05) is 0 Å². The summed E-state index contributed by atoms with van der Waals surface area (Å²) in [5, 5.41) is 12.8. The molecule has 1 saturated carbocycles. The van der Waals surface area contributed by atoms with E-state index in [-0.39, 0.29) is 23.3 Å². The molecule has 1 amide bonds. The van der Waals surface area contributed by atoms with E-state index in [2.05, 4.69) is 19.2 Å². The molecule has 5 nitrogen and oxygen atoms in total. The van der Waals surface area contributed by atoms with Crippen LogP contribution in [0, 0.1) is 18.8 Å². The standard InChI is InChI=1S/C19H27NO4/c1-11-8-9-15(17(21)10-11)19(23)24-14(4)18(22)20-16-7-5-6-12(2)13(16)3/h8-10,12-14,16,21H,5-7H2,1-4H3,(H,20,22)/t12-,13-,14-,16-/m0/s1. The third kappa shape index (κ3) is 4.28. The van der Waals surface area contributed by atoms with Crippen LogP contribution in [0.5, 0.6) is 5.75 Å². The molecule has 2 N–H and O–H groups in total. The zero-order valence-corrected chi connectivity index (χ0v) is 14.8. The molecule has 0 bridgehead atoms. The maximum Gasteiger partial charge on any atom is 0.342 e. The fraction of sp³-hybridized carbons (Fsp3) is 0.579. The smallest absolute Gasteiger partial charge is 0.342 e. The molecule has 1 aliphatic carbocycles. The van der Waals surface area contributed by atoms with Gasteiger partial charge in [-0.25, -0.2) is 4.79 Å². The zero-order valence-electron chi connectivity index (χ0n) is 14.8. The van der Waals surface area contributed by atoms with Crippen molar-refractivity contribution in [3.63, 3.8) is 0 Å². The number of esters is 1. The second-order valence-electron chi connectivity index (χ2n) is 6.95. The zero-order chi connectivity index (χ0) is 17.9. The molecule has 5 heteroatoms. The summed E-state index contributed by atoms with van der Waals surface area (Å²) in [6.45, 7) is 7.72. The minimum absolute atomic E-state index is 0.0694. The Balaban J connectivity index is 1.94. The number of phenolic OH excluding ortho intramolecular Hbond substituents is 1. The Kier molecular flexibility index (Phi) is 5.86. The van der Waals surface area contributed by atoms with Crippen LogP contribution < -0.4 is 5.32 Å². The number of ether oxygens (including phenoxy) is 1. The Bertz CT molecular complexity index is 613. The van der Waals surface area contributed by atoms with Gasteiger partial charge in [0.05, 0.1) is 0 Å². The van der Waals surface area contributed by atoms with Crippen molar-refractivity contribution in [1.29, 1.82) is 0 Å². The molecule has 0 aromatic heterocycles. The highest BCUT2D eigenvalue weighted by Crippen LogP contribution is 2.29. The van der Waals surface area contributed by atoms with Crippen LogP contribution in [0.4, 0.5) is 0 Å². The second kappa shape index (κ2) is 7.69. The summed E-state index contributed by atoms with van der Waals surface area (Å²) < 4.78 is 5.21. The molecule has 1 aromatic rings. The molecule has 0 aliphatic heterocycles. The normalized spacial score (nSPS) is 24.9. The minimum atomic E-state index is -0.900. The van der Waals surface area contributed by atoms with Crippen LogP contribution in [-0.4, -0.2) is 29.1 Å². The fourth-order valence-corrected chi connectivity index (χ4v) is 3.18. The van der Waals surface area contributed by atoms with E-state index >= 15 is 0 Å². The van der Waals surface area contributed by atoms with Crippen molar-refractivity contribution in [2.45, 2.75) is 59.1 Å². The third-order valence-corrected chi connectivity index (χ3v) is 5.06. The molecule has 0 radical (unpaired) electrons. The van der Waals surface area contributed by atoms with E-state index in [0.717, 1.165) is 18.4 Å². The number of hydrogen-bond acceptors (Lipinski definition) is 4. The first-order chi connectivity index (χ1) is 11.3. The number of benzene rings is 1. The van der Waals surface area contributed by atoms with Crippen molar-refractivity contribution >= 4 is 11.9 Å². The van der Waals surface area contributed by atoms with Gasteiger partial charge in [-0.3, -0.25) is 4.79 Å². The molecule has 1 fully saturated rings. The monoisotopic (exact) mass is 333 g/mol. The average Bonchev–Trinajstić information content (AvgIpc) is 2.51. The topological polar surface area (TPSA) is 75.6 Å². The van der Waals surface area contributed by atoms with E-state index in [4.69, 9.17) is 4.74 Å². The van der Waals surface area contributed by atoms with Gasteiger partial charge in [0.1, 0.15) is 11.3 Å². The predicted molar refractivity (Wildman–Crippen MR) is 91.8 cm³/mol. The van der Waals surface area contributed by atoms with Crippen LogP contribution in [0.2, 0.25) is 0 Å². The summed E-state index contributed by atoms with van der Waals surface area (Å²) in [6.07, 6.45) is 2.34. The SMILES string of the molecule is Cc1ccc(C(=O)O[C@@H](C)C(=O)N[C@H]2CCC[C@H](C)[C@@H]2C)c(O)c1. The van der Waals surface area contributed by atoms with Gasteiger partial charge < -0.3 is 15.2 Å². The molecule has 4 atom stereocenters. The van der Waals surface area contributed by atoms with E-state index in [0.29, 0.717) is 11.8 Å². The molecule has 1 aliphatic rings. The van der Waals surface area contributed by atoms with Crippen molar-refractivity contribution in [1.82, 2.24) is 5.32 Å². The summed E-state index contributed by atoms with van der Waals surface area (Å²) in [7, 11) is 0. The number of rotatable bonds is 4. The highest BCUT2D eigenvalue weighted by molar-refractivity contribution is 5.94. The number of carbonyl (C=O) groups is 2. The quantitative estimate of drug-likeness (QED) is 0.830. The van der Waals surface area contributed by atoms with Gasteiger partial charge in [-0.05, 0) is 49.8 Å². The largest absolute Gasteiger partial charge is 0.507 e. The van der Waals surface area contributed by atoms with Gasteiger partial charge in [-0.15, -0.1) is 0 Å². The first-order valence-electron chi connectivity index (χ1n) is 8.60. The number of amides is 1. The second-order valence-corrected chi connectivity index (χ2v) is 6.95. The number of carbonyl (C=O) groups excluding carboxylic acids is 2. The molecular weight excluding hydrogens is 306 g/mol. The summed E-state index contributed by atoms with van der Waals surface area (Å²) >= 11 is 0. The van der Waals surface area contributed by atoms with E-state index < -0.39 is 12.1 Å². The molecular formula is C19H27NO4. The van der Waals surface area contributed by atoms with Crippen LogP contribution in [0.1, 0.15) is 56.0 Å². The van der Waals surface area contributed by atoms with Crippen LogP contribution in [0.15, 0.2) is 18.2 Å². The predicted octanol–water partition coefficient (Wildman–Crippen LogP) is 3.19. The number of aryl methyl sites for hydroxylation is 1. The summed E-state index contributed by atoms with van der Waals surface area (Å²) in [5.74, 6) is -0.137. The first-order valence-corrected chi connectivity index (χ1v) is 8.60. The Labute approximate surface area is 143 Å². The summed E-state index contributed by atoms with van der Waals surface area (Å²) in [6, 6.07) is 4.83. The van der Waals surface area contributed by atoms with Crippen molar-refractivity contribution in [3.8, 4) is 5.75 Å². The highest BCUT2D eigenvalue weighted by atomic mass is 16.5. The molecule has 1 aromatic carbocycles. The van der Waals surface area contributed by atoms with E-state index in [1.165, 1.54) is 18.6 Å². The molecule has 0 unspecified atom stereocenters. The van der Waals surface area contributed by atoms with E-state index in [1.54, 1.807) is 13.0 Å². The van der Waals surface area contributed by atoms with Gasteiger partial charge in [-0.2, -0.15) is 0 Å². The number of phenols is 1. The minimum Gasteiger partial charge on any atom is -0.507 e. The molecule has 132 valence electrons. The third-order valence-electron chi connectivity index (χ3n) is 5.06. The van der Waals surface area contributed by atoms with Gasteiger partial charge in [0.15, 0.2) is 6.10 Å². The van der Waals surface area contributed by atoms with Crippen molar-refractivity contribution < 1.29 is 19.4 Å². The Hall–Kier alpha value is -2.04. The first kappa shape index (κ1) is 18.3.